The molecule has 2 aliphatic heterocycles. The van der Waals surface area contributed by atoms with Gasteiger partial charge in [0.05, 0.1) is 30.5 Å². The van der Waals surface area contributed by atoms with Crippen LogP contribution in [0, 0.1) is 45.3 Å². The zero-order valence-corrected chi connectivity index (χ0v) is 28.9. The summed E-state index contributed by atoms with van der Waals surface area (Å²) in [4.78, 5) is 0. The van der Waals surface area contributed by atoms with Crippen molar-refractivity contribution in [1.29, 1.82) is 0 Å². The summed E-state index contributed by atoms with van der Waals surface area (Å²) in [5.74, 6) is 2.12. The van der Waals surface area contributed by atoms with Crippen LogP contribution in [0.5, 0.6) is 0 Å². The highest BCUT2D eigenvalue weighted by Gasteiger charge is 2.75. The normalized spacial score (nSPS) is 51.2. The first-order valence-corrected chi connectivity index (χ1v) is 17.6. The molecule has 2 heterocycles. The summed E-state index contributed by atoms with van der Waals surface area (Å²) in [6, 6.07) is 0. The van der Waals surface area contributed by atoms with Crippen LogP contribution in [0.15, 0.2) is 24.3 Å². The Morgan fingerprint density at radius 3 is 2.40 bits per heavy atom. The quantitative estimate of drug-likeness (QED) is 0.283. The third-order valence-corrected chi connectivity index (χ3v) is 14.8. The van der Waals surface area contributed by atoms with Crippen molar-refractivity contribution in [2.75, 3.05) is 20.3 Å². The fourth-order valence-corrected chi connectivity index (χ4v) is 11.6. The van der Waals surface area contributed by atoms with Crippen LogP contribution >= 0.6 is 0 Å². The van der Waals surface area contributed by atoms with Crippen molar-refractivity contribution in [3.63, 3.8) is 0 Å². The number of fused-ring (bicyclic) bond motifs is 2. The number of methoxy groups -OCH3 is 1. The van der Waals surface area contributed by atoms with Crippen LogP contribution in [-0.2, 0) is 18.9 Å². The summed E-state index contributed by atoms with van der Waals surface area (Å²) in [7, 11) is 1.77. The van der Waals surface area contributed by atoms with Gasteiger partial charge >= 0.3 is 0 Å². The molecule has 8 nitrogen and oxygen atoms in total. The fourth-order valence-electron chi connectivity index (χ4n) is 11.6. The Balaban J connectivity index is 1.24. The summed E-state index contributed by atoms with van der Waals surface area (Å²) >= 11 is 0. The molecule has 8 heteroatoms. The number of hydrogen-bond acceptors (Lipinski definition) is 8. The van der Waals surface area contributed by atoms with Crippen molar-refractivity contribution in [2.24, 2.45) is 45.3 Å². The van der Waals surface area contributed by atoms with E-state index in [1.54, 1.807) is 7.11 Å². The van der Waals surface area contributed by atoms with Gasteiger partial charge in [0.15, 0.2) is 6.29 Å². The molecule has 0 aromatic heterocycles. The first kappa shape index (κ1) is 34.0. The monoisotopic (exact) mass is 632 g/mol. The highest BCUT2D eigenvalue weighted by atomic mass is 16.7. The van der Waals surface area contributed by atoms with E-state index in [4.69, 9.17) is 18.9 Å². The smallest absolute Gasteiger partial charge is 0.186 e. The van der Waals surface area contributed by atoms with Gasteiger partial charge in [-0.2, -0.15) is 0 Å². The Bertz CT molecular complexity index is 1170. The molecule has 4 aliphatic carbocycles. The van der Waals surface area contributed by atoms with Gasteiger partial charge in [-0.1, -0.05) is 58.9 Å². The molecule has 0 radical (unpaired) electrons. The van der Waals surface area contributed by atoms with Gasteiger partial charge in [0, 0.05) is 23.9 Å². The highest BCUT2D eigenvalue weighted by molar-refractivity contribution is 5.33. The van der Waals surface area contributed by atoms with Crippen molar-refractivity contribution in [3.8, 4) is 0 Å². The first-order chi connectivity index (χ1) is 21.0. The van der Waals surface area contributed by atoms with E-state index in [0.29, 0.717) is 23.7 Å². The Labute approximate surface area is 270 Å². The van der Waals surface area contributed by atoms with E-state index < -0.39 is 48.3 Å². The largest absolute Gasteiger partial charge is 0.394 e. The summed E-state index contributed by atoms with van der Waals surface area (Å²) < 4.78 is 24.9. The third-order valence-electron chi connectivity index (χ3n) is 14.8. The molecule has 6 aliphatic rings. The lowest BCUT2D eigenvalue weighted by Crippen LogP contribution is -2.66. The zero-order valence-electron chi connectivity index (χ0n) is 28.9. The van der Waals surface area contributed by atoms with E-state index in [-0.39, 0.29) is 27.9 Å². The summed E-state index contributed by atoms with van der Waals surface area (Å²) in [5.41, 5.74) is -0.609. The van der Waals surface area contributed by atoms with Crippen LogP contribution in [0.4, 0.5) is 0 Å². The van der Waals surface area contributed by atoms with Gasteiger partial charge in [-0.15, -0.1) is 0 Å². The van der Waals surface area contributed by atoms with Crippen LogP contribution in [0.2, 0.25) is 0 Å². The molecule has 3 saturated carbocycles. The van der Waals surface area contributed by atoms with Gasteiger partial charge in [0.25, 0.3) is 0 Å². The van der Waals surface area contributed by atoms with Crippen LogP contribution in [0.25, 0.3) is 0 Å². The standard InChI is InChI=1S/C37H60O8/c1-22(10-9-15-32(2,3)42-8)23-13-16-35(7)25-14-17-37-26(36(25,21-43-37)19-18-34(23,35)6)11-12-27(33(37,4)5)45-31-30(41)29(40)28(39)24(20-38)44-31/h9,14-15,17,22-31,38-41H,10-13,16,18-21H2,1-8H3/b15-9+/t22-,23-,24-,25+,26+,27+,28-,29+,30-,31+,34-,35+,36-,37+/m1/s1. The second kappa shape index (κ2) is 11.4. The van der Waals surface area contributed by atoms with Crippen LogP contribution in [-0.4, -0.2) is 88.8 Å². The third kappa shape index (κ3) is 4.74. The fraction of sp³-hybridized carbons (Fsp3) is 0.892. The molecular formula is C37H60O8. The molecule has 1 spiro atoms. The van der Waals surface area contributed by atoms with Gasteiger partial charge in [-0.3, -0.25) is 0 Å². The predicted octanol–water partition coefficient (Wildman–Crippen LogP) is 4.77. The molecular weight excluding hydrogens is 572 g/mol. The number of aliphatic hydroxyl groups excluding tert-OH is 4. The van der Waals surface area contributed by atoms with E-state index in [2.05, 4.69) is 72.8 Å². The molecule has 2 bridgehead atoms. The van der Waals surface area contributed by atoms with Gasteiger partial charge in [0.1, 0.15) is 24.4 Å². The number of aliphatic hydroxyl groups is 4. The molecule has 45 heavy (non-hydrogen) atoms. The molecule has 14 atom stereocenters. The topological polar surface area (TPSA) is 118 Å². The summed E-state index contributed by atoms with van der Waals surface area (Å²) in [5, 5.41) is 41.1. The Morgan fingerprint density at radius 1 is 0.978 bits per heavy atom. The Kier molecular flexibility index (Phi) is 8.60. The lowest BCUT2D eigenvalue weighted by molar-refractivity contribution is -0.329. The minimum absolute atomic E-state index is 0.0922. The highest BCUT2D eigenvalue weighted by Crippen LogP contribution is 2.77. The average molecular weight is 633 g/mol. The second-order valence-electron chi connectivity index (χ2n) is 17.2. The number of ether oxygens (including phenoxy) is 4. The molecule has 6 rings (SSSR count). The van der Waals surface area contributed by atoms with Crippen molar-refractivity contribution >= 4 is 0 Å². The lowest BCUT2D eigenvalue weighted by Gasteiger charge is -2.65. The Hall–Kier alpha value is -0.840. The minimum Gasteiger partial charge on any atom is -0.394 e. The van der Waals surface area contributed by atoms with E-state index >= 15 is 0 Å². The van der Waals surface area contributed by atoms with Crippen molar-refractivity contribution in [1.82, 2.24) is 0 Å². The van der Waals surface area contributed by atoms with Crippen LogP contribution in [0.1, 0.15) is 93.4 Å². The second-order valence-corrected chi connectivity index (χ2v) is 17.2. The molecule has 256 valence electrons. The molecule has 0 unspecified atom stereocenters. The average Bonchev–Trinajstić information content (AvgIpc) is 3.39. The molecule has 5 fully saturated rings. The molecule has 0 amide bonds. The number of allylic oxidation sites excluding steroid dienone is 2. The number of hydrogen-bond donors (Lipinski definition) is 4. The molecule has 2 saturated heterocycles. The van der Waals surface area contributed by atoms with E-state index in [0.717, 1.165) is 25.9 Å². The van der Waals surface area contributed by atoms with Crippen molar-refractivity contribution in [3.05, 3.63) is 24.3 Å². The minimum atomic E-state index is -1.46. The van der Waals surface area contributed by atoms with Crippen molar-refractivity contribution < 1.29 is 39.4 Å². The SMILES string of the molecule is COC(C)(C)/C=C/C[C@@H](C)[C@H]1CC[C@@]2(C)[C@@H]3C=C[C@]45OC[C@@]3(CC[C@]12C)[C@@H]4CC[C@H](O[C@@H]1O[C@H](CO)[C@@H](O)[C@H](O)[C@H]1O)C5(C)C. The van der Waals surface area contributed by atoms with Gasteiger partial charge in [-0.05, 0) is 87.4 Å². The van der Waals surface area contributed by atoms with Gasteiger partial charge in [-0.25, -0.2) is 0 Å². The molecule has 4 N–H and O–H groups in total. The van der Waals surface area contributed by atoms with Crippen LogP contribution in [0.3, 0.4) is 0 Å². The van der Waals surface area contributed by atoms with Crippen molar-refractivity contribution in [2.45, 2.75) is 141 Å². The molecule has 0 aromatic rings. The maximum Gasteiger partial charge on any atom is 0.186 e. The summed E-state index contributed by atoms with van der Waals surface area (Å²) in [6.07, 6.45) is 10.5. The predicted molar refractivity (Wildman–Crippen MR) is 171 cm³/mol. The van der Waals surface area contributed by atoms with E-state index in [9.17, 15) is 20.4 Å². The number of rotatable bonds is 8. The van der Waals surface area contributed by atoms with Crippen LogP contribution < -0.4 is 0 Å². The van der Waals surface area contributed by atoms with E-state index in [1.807, 2.05) is 0 Å². The Morgan fingerprint density at radius 2 is 1.71 bits per heavy atom. The van der Waals surface area contributed by atoms with E-state index in [1.165, 1.54) is 25.7 Å². The molecule has 0 aromatic carbocycles. The first-order valence-electron chi connectivity index (χ1n) is 17.6. The zero-order chi connectivity index (χ0) is 32.8. The van der Waals surface area contributed by atoms with Gasteiger partial charge in [0.2, 0.25) is 0 Å². The van der Waals surface area contributed by atoms with Gasteiger partial charge < -0.3 is 39.4 Å². The lowest BCUT2D eigenvalue weighted by atomic mass is 9.38. The maximum absolute atomic E-state index is 10.7. The summed E-state index contributed by atoms with van der Waals surface area (Å²) in [6.45, 7) is 16.6. The maximum atomic E-state index is 10.7.